The van der Waals surface area contributed by atoms with Crippen LogP contribution in [0.3, 0.4) is 0 Å². The third-order valence-corrected chi connectivity index (χ3v) is 4.96. The van der Waals surface area contributed by atoms with Crippen LogP contribution in [0.15, 0.2) is 73.4 Å². The summed E-state index contributed by atoms with van der Waals surface area (Å²) in [6.45, 7) is 4.28. The highest BCUT2D eigenvalue weighted by Crippen LogP contribution is 2.32. The van der Waals surface area contributed by atoms with Crippen LogP contribution >= 0.6 is 11.6 Å². The van der Waals surface area contributed by atoms with Crippen molar-refractivity contribution >= 4 is 39.2 Å². The van der Waals surface area contributed by atoms with Gasteiger partial charge in [-0.05, 0) is 46.2 Å². The van der Waals surface area contributed by atoms with Crippen LogP contribution in [-0.2, 0) is 17.9 Å². The Labute approximate surface area is 167 Å². The van der Waals surface area contributed by atoms with Gasteiger partial charge in [-0.1, -0.05) is 54.6 Å². The van der Waals surface area contributed by atoms with Gasteiger partial charge < -0.3 is 15.0 Å². The minimum absolute atomic E-state index is 0.212. The molecule has 3 aromatic carbocycles. The first-order chi connectivity index (χ1) is 13.6. The van der Waals surface area contributed by atoms with Crippen LogP contribution in [0, 0.1) is 0 Å². The van der Waals surface area contributed by atoms with Crippen LogP contribution in [0.5, 0.6) is 5.75 Å². The predicted molar refractivity (Wildman–Crippen MR) is 114 cm³/mol. The highest BCUT2D eigenvalue weighted by molar-refractivity contribution is 6.32. The molecule has 140 valence electrons. The van der Waals surface area contributed by atoms with Crippen LogP contribution in [0.1, 0.15) is 11.1 Å². The number of rotatable bonds is 6. The molecule has 0 aliphatic rings. The molecule has 0 aliphatic carbocycles. The normalized spacial score (nSPS) is 10.9. The van der Waals surface area contributed by atoms with E-state index in [2.05, 4.69) is 47.2 Å². The third-order valence-electron chi connectivity index (χ3n) is 4.67. The lowest BCUT2D eigenvalue weighted by Gasteiger charge is -2.10. The summed E-state index contributed by atoms with van der Waals surface area (Å²) in [5, 5.41) is 6.66. The zero-order chi connectivity index (χ0) is 19.5. The van der Waals surface area contributed by atoms with Crippen molar-refractivity contribution in [2.45, 2.75) is 13.2 Å². The number of aromatic amines is 1. The van der Waals surface area contributed by atoms with Gasteiger partial charge in [-0.15, -0.1) is 0 Å². The number of hydrogen-bond donors (Lipinski definition) is 2. The molecule has 0 radical (unpaired) electrons. The van der Waals surface area contributed by atoms with E-state index < -0.39 is 0 Å². The summed E-state index contributed by atoms with van der Waals surface area (Å²) < 4.78 is 6.00. The number of hydrogen-bond acceptors (Lipinski definition) is 2. The summed E-state index contributed by atoms with van der Waals surface area (Å²) in [6, 6.07) is 18.2. The summed E-state index contributed by atoms with van der Waals surface area (Å²) in [4.78, 5) is 14.6. The Hall–Kier alpha value is -3.24. The van der Waals surface area contributed by atoms with Gasteiger partial charge in [0.05, 0.1) is 5.02 Å². The van der Waals surface area contributed by atoms with E-state index in [1.807, 2.05) is 30.5 Å². The smallest absolute Gasteiger partial charge is 0.243 e. The quantitative estimate of drug-likeness (QED) is 0.436. The summed E-state index contributed by atoms with van der Waals surface area (Å²) in [5.74, 6) is 0.398. The third kappa shape index (κ3) is 3.73. The highest BCUT2D eigenvalue weighted by Gasteiger charge is 2.10. The van der Waals surface area contributed by atoms with Gasteiger partial charge in [-0.25, -0.2) is 0 Å². The first kappa shape index (κ1) is 18.1. The molecule has 0 spiro atoms. The zero-order valence-corrected chi connectivity index (χ0v) is 15.9. The number of fused-ring (bicyclic) bond motifs is 2. The number of benzene rings is 3. The lowest BCUT2D eigenvalue weighted by molar-refractivity contribution is -0.116. The van der Waals surface area contributed by atoms with Crippen molar-refractivity contribution in [2.75, 3.05) is 0 Å². The van der Waals surface area contributed by atoms with E-state index in [1.165, 1.54) is 16.8 Å². The van der Waals surface area contributed by atoms with Crippen molar-refractivity contribution in [1.82, 2.24) is 10.3 Å². The number of amides is 1. The molecule has 0 aliphatic heterocycles. The summed E-state index contributed by atoms with van der Waals surface area (Å²) in [5.41, 5.74) is 2.92. The second-order valence-corrected chi connectivity index (χ2v) is 6.94. The van der Waals surface area contributed by atoms with Gasteiger partial charge in [0.15, 0.2) is 0 Å². The van der Waals surface area contributed by atoms with E-state index in [0.717, 1.165) is 22.0 Å². The topological polar surface area (TPSA) is 54.1 Å². The molecule has 28 heavy (non-hydrogen) atoms. The SMILES string of the molecule is C=CC(=O)NCc1c[nH]c2cc(Cl)c(OCc3ccc4ccccc4c3)cc12. The van der Waals surface area contributed by atoms with E-state index in [-0.39, 0.29) is 5.91 Å². The largest absolute Gasteiger partial charge is 0.487 e. The fourth-order valence-corrected chi connectivity index (χ4v) is 3.40. The standard InChI is InChI=1S/C23H19ClN2O2/c1-2-23(27)26-13-18-12-25-21-11-20(24)22(10-19(18)21)28-14-15-7-8-16-5-3-4-6-17(16)9-15/h2-12,25H,1,13-14H2,(H,26,27). The molecule has 1 amide bonds. The number of carbonyl (C=O) groups excluding carboxylic acids is 1. The van der Waals surface area contributed by atoms with E-state index in [1.54, 1.807) is 0 Å². The molecule has 4 nitrogen and oxygen atoms in total. The van der Waals surface area contributed by atoms with Gasteiger partial charge in [0.1, 0.15) is 12.4 Å². The zero-order valence-electron chi connectivity index (χ0n) is 15.2. The molecule has 1 aromatic heterocycles. The lowest BCUT2D eigenvalue weighted by Crippen LogP contribution is -2.19. The van der Waals surface area contributed by atoms with E-state index in [0.29, 0.717) is 23.9 Å². The molecule has 4 rings (SSSR count). The van der Waals surface area contributed by atoms with Crippen molar-refractivity contribution in [3.63, 3.8) is 0 Å². The molecule has 0 bridgehead atoms. The van der Waals surface area contributed by atoms with Gasteiger partial charge in [0.25, 0.3) is 0 Å². The summed E-state index contributed by atoms with van der Waals surface area (Å²) >= 11 is 6.40. The van der Waals surface area contributed by atoms with Crippen molar-refractivity contribution in [3.8, 4) is 5.75 Å². The second-order valence-electron chi connectivity index (χ2n) is 6.53. The molecule has 0 atom stereocenters. The van der Waals surface area contributed by atoms with Crippen LogP contribution in [-0.4, -0.2) is 10.9 Å². The lowest BCUT2D eigenvalue weighted by atomic mass is 10.1. The maximum atomic E-state index is 11.4. The minimum atomic E-state index is -0.212. The van der Waals surface area contributed by atoms with Crippen LogP contribution in [0.2, 0.25) is 5.02 Å². The number of ether oxygens (including phenoxy) is 1. The average molecular weight is 391 g/mol. The molecule has 1 heterocycles. The first-order valence-electron chi connectivity index (χ1n) is 8.94. The van der Waals surface area contributed by atoms with Gasteiger partial charge in [-0.2, -0.15) is 0 Å². The number of nitrogens with one attached hydrogen (secondary N) is 2. The first-order valence-corrected chi connectivity index (χ1v) is 9.32. The molecule has 0 saturated heterocycles. The van der Waals surface area contributed by atoms with Gasteiger partial charge >= 0.3 is 0 Å². The molecule has 5 heteroatoms. The van der Waals surface area contributed by atoms with Crippen LogP contribution in [0.25, 0.3) is 21.7 Å². The monoisotopic (exact) mass is 390 g/mol. The Bertz CT molecular complexity index is 1180. The fourth-order valence-electron chi connectivity index (χ4n) is 3.18. The van der Waals surface area contributed by atoms with Gasteiger partial charge in [0.2, 0.25) is 5.91 Å². The maximum Gasteiger partial charge on any atom is 0.243 e. The van der Waals surface area contributed by atoms with Gasteiger partial charge in [-0.3, -0.25) is 4.79 Å². The Balaban J connectivity index is 1.56. The average Bonchev–Trinajstić information content (AvgIpc) is 3.11. The molecule has 0 unspecified atom stereocenters. The molecular weight excluding hydrogens is 372 g/mol. The molecule has 4 aromatic rings. The van der Waals surface area contributed by atoms with Crippen molar-refractivity contribution in [3.05, 3.63) is 89.6 Å². The molecule has 2 N–H and O–H groups in total. The summed E-state index contributed by atoms with van der Waals surface area (Å²) in [6.07, 6.45) is 3.11. The Morgan fingerprint density at radius 3 is 2.79 bits per heavy atom. The number of aromatic nitrogens is 1. The number of halogens is 1. The van der Waals surface area contributed by atoms with Crippen LogP contribution < -0.4 is 10.1 Å². The number of carbonyl (C=O) groups is 1. The van der Waals surface area contributed by atoms with E-state index in [4.69, 9.17) is 16.3 Å². The van der Waals surface area contributed by atoms with Gasteiger partial charge in [0, 0.05) is 23.6 Å². The minimum Gasteiger partial charge on any atom is -0.487 e. The summed E-state index contributed by atoms with van der Waals surface area (Å²) in [7, 11) is 0. The molecular formula is C23H19ClN2O2. The molecule has 0 saturated carbocycles. The maximum absolute atomic E-state index is 11.4. The predicted octanol–water partition coefficient (Wildman–Crippen LogP) is 5.36. The fraction of sp³-hybridized carbons (Fsp3) is 0.0870. The van der Waals surface area contributed by atoms with Crippen molar-refractivity contribution in [1.29, 1.82) is 0 Å². The highest BCUT2D eigenvalue weighted by atomic mass is 35.5. The Morgan fingerprint density at radius 1 is 1.14 bits per heavy atom. The Morgan fingerprint density at radius 2 is 1.96 bits per heavy atom. The Kier molecular flexibility index (Phi) is 5.04. The van der Waals surface area contributed by atoms with E-state index >= 15 is 0 Å². The van der Waals surface area contributed by atoms with Crippen molar-refractivity contribution < 1.29 is 9.53 Å². The number of H-pyrrole nitrogens is 1. The molecule has 0 fully saturated rings. The second kappa shape index (κ2) is 7.79. The van der Waals surface area contributed by atoms with Crippen LogP contribution in [0.4, 0.5) is 0 Å². The van der Waals surface area contributed by atoms with Crippen molar-refractivity contribution in [2.24, 2.45) is 0 Å². The van der Waals surface area contributed by atoms with E-state index in [9.17, 15) is 4.79 Å².